The fraction of sp³-hybridized carbons (Fsp3) is 0.294. The number of carbonyl (C=O) groups excluding carboxylic acids is 1. The second kappa shape index (κ2) is 7.27. The molecule has 126 valence electrons. The molecule has 7 heteroatoms. The van der Waals surface area contributed by atoms with E-state index in [9.17, 15) is 9.18 Å². The van der Waals surface area contributed by atoms with Crippen molar-refractivity contribution >= 4 is 11.7 Å². The first-order valence-corrected chi connectivity index (χ1v) is 7.62. The lowest BCUT2D eigenvalue weighted by molar-refractivity contribution is -0.141. The highest BCUT2D eigenvalue weighted by Crippen LogP contribution is 2.21. The van der Waals surface area contributed by atoms with E-state index in [-0.39, 0.29) is 18.6 Å². The summed E-state index contributed by atoms with van der Waals surface area (Å²) in [5.74, 6) is 0.148. The number of anilines is 1. The number of hydrogen-bond donors (Lipinski definition) is 1. The lowest BCUT2D eigenvalue weighted by Gasteiger charge is -2.32. The van der Waals surface area contributed by atoms with E-state index in [1.165, 1.54) is 18.2 Å². The zero-order valence-corrected chi connectivity index (χ0v) is 13.0. The summed E-state index contributed by atoms with van der Waals surface area (Å²) < 4.78 is 24.1. The standard InChI is InChI=1S/C17H18FN3O3/c18-12-3-1-4-13(9-12)24-11-17(22)21-7-8-23-15(10-21)14-5-2-6-16(19)20-14/h1-6,9,15H,7-8,10-11H2,(H2,19,20)/t15-/m0/s1. The number of nitrogens with two attached hydrogens (primary N) is 1. The first kappa shape index (κ1) is 16.2. The molecule has 6 nitrogen and oxygen atoms in total. The van der Waals surface area contributed by atoms with Gasteiger partial charge in [0, 0.05) is 12.6 Å². The van der Waals surface area contributed by atoms with Crippen LogP contribution < -0.4 is 10.5 Å². The summed E-state index contributed by atoms with van der Waals surface area (Å²) in [5, 5.41) is 0. The average Bonchev–Trinajstić information content (AvgIpc) is 2.60. The van der Waals surface area contributed by atoms with Crippen molar-refractivity contribution in [1.29, 1.82) is 0 Å². The highest BCUT2D eigenvalue weighted by molar-refractivity contribution is 5.78. The van der Waals surface area contributed by atoms with E-state index in [1.54, 1.807) is 23.1 Å². The Bertz CT molecular complexity index is 726. The van der Waals surface area contributed by atoms with E-state index in [4.69, 9.17) is 15.2 Å². The maximum atomic E-state index is 13.1. The maximum Gasteiger partial charge on any atom is 0.260 e. The number of pyridine rings is 1. The van der Waals surface area contributed by atoms with Crippen LogP contribution in [0.1, 0.15) is 11.8 Å². The van der Waals surface area contributed by atoms with Crippen LogP contribution in [0.3, 0.4) is 0 Å². The normalized spacial score (nSPS) is 17.5. The van der Waals surface area contributed by atoms with E-state index < -0.39 is 5.82 Å². The van der Waals surface area contributed by atoms with Gasteiger partial charge in [0.1, 0.15) is 23.5 Å². The molecule has 1 amide bonds. The van der Waals surface area contributed by atoms with E-state index in [0.29, 0.717) is 37.0 Å². The zero-order valence-electron chi connectivity index (χ0n) is 13.0. The maximum absolute atomic E-state index is 13.1. The SMILES string of the molecule is Nc1cccc([C@@H]2CN(C(=O)COc3cccc(F)c3)CCO2)n1. The molecule has 1 aromatic heterocycles. The molecule has 0 unspecified atom stereocenters. The quantitative estimate of drug-likeness (QED) is 0.924. The third-order valence-electron chi connectivity index (χ3n) is 3.70. The Balaban J connectivity index is 1.59. The number of rotatable bonds is 4. The molecule has 1 fully saturated rings. The Hall–Kier alpha value is -2.67. The number of amides is 1. The van der Waals surface area contributed by atoms with E-state index >= 15 is 0 Å². The van der Waals surface area contributed by atoms with Crippen LogP contribution >= 0.6 is 0 Å². The van der Waals surface area contributed by atoms with Crippen LogP contribution in [0.5, 0.6) is 5.75 Å². The molecule has 1 saturated heterocycles. The van der Waals surface area contributed by atoms with Gasteiger partial charge in [0.2, 0.25) is 0 Å². The summed E-state index contributed by atoms with van der Waals surface area (Å²) >= 11 is 0. The van der Waals surface area contributed by atoms with Crippen LogP contribution in [0.4, 0.5) is 10.2 Å². The first-order chi connectivity index (χ1) is 11.6. The zero-order chi connectivity index (χ0) is 16.9. The molecular weight excluding hydrogens is 313 g/mol. The predicted molar refractivity (Wildman–Crippen MR) is 85.8 cm³/mol. The molecular formula is C17H18FN3O3. The molecule has 1 aliphatic heterocycles. The number of hydrogen-bond acceptors (Lipinski definition) is 5. The van der Waals surface area contributed by atoms with Gasteiger partial charge in [-0.2, -0.15) is 0 Å². The van der Waals surface area contributed by atoms with Crippen LogP contribution in [-0.2, 0) is 9.53 Å². The van der Waals surface area contributed by atoms with Gasteiger partial charge in [-0.25, -0.2) is 9.37 Å². The highest BCUT2D eigenvalue weighted by atomic mass is 19.1. The van der Waals surface area contributed by atoms with Crippen LogP contribution in [0.25, 0.3) is 0 Å². The number of carbonyl (C=O) groups is 1. The minimum absolute atomic E-state index is 0.152. The third kappa shape index (κ3) is 3.99. The molecule has 2 aromatic rings. The van der Waals surface area contributed by atoms with Crippen molar-refractivity contribution < 1.29 is 18.7 Å². The van der Waals surface area contributed by atoms with Crippen LogP contribution in [-0.4, -0.2) is 42.1 Å². The Morgan fingerprint density at radius 3 is 3.00 bits per heavy atom. The molecule has 3 rings (SSSR count). The summed E-state index contributed by atoms with van der Waals surface area (Å²) in [7, 11) is 0. The summed E-state index contributed by atoms with van der Waals surface area (Å²) in [6.45, 7) is 1.11. The van der Waals surface area contributed by atoms with Gasteiger partial charge in [-0.1, -0.05) is 12.1 Å². The largest absolute Gasteiger partial charge is 0.484 e. The lowest BCUT2D eigenvalue weighted by Crippen LogP contribution is -2.44. The van der Waals surface area contributed by atoms with Gasteiger partial charge in [-0.3, -0.25) is 4.79 Å². The van der Waals surface area contributed by atoms with Gasteiger partial charge >= 0.3 is 0 Å². The van der Waals surface area contributed by atoms with Crippen LogP contribution in [0.2, 0.25) is 0 Å². The minimum atomic E-state index is -0.404. The molecule has 0 saturated carbocycles. The number of halogens is 1. The minimum Gasteiger partial charge on any atom is -0.484 e. The van der Waals surface area contributed by atoms with Gasteiger partial charge in [0.25, 0.3) is 5.91 Å². The smallest absolute Gasteiger partial charge is 0.260 e. The number of benzene rings is 1. The second-order valence-electron chi connectivity index (χ2n) is 5.43. The van der Waals surface area contributed by atoms with E-state index in [0.717, 1.165) is 0 Å². The fourth-order valence-electron chi connectivity index (χ4n) is 2.50. The van der Waals surface area contributed by atoms with Gasteiger partial charge in [-0.05, 0) is 24.3 Å². The van der Waals surface area contributed by atoms with Crippen molar-refractivity contribution in [3.63, 3.8) is 0 Å². The molecule has 1 aromatic carbocycles. The molecule has 2 heterocycles. The summed E-state index contributed by atoms with van der Waals surface area (Å²) in [5.41, 5.74) is 6.38. The molecule has 1 aliphatic rings. The van der Waals surface area contributed by atoms with E-state index in [2.05, 4.69) is 4.98 Å². The van der Waals surface area contributed by atoms with Crippen molar-refractivity contribution in [3.05, 3.63) is 54.0 Å². The monoisotopic (exact) mass is 331 g/mol. The molecule has 1 atom stereocenters. The second-order valence-corrected chi connectivity index (χ2v) is 5.43. The lowest BCUT2D eigenvalue weighted by atomic mass is 10.2. The van der Waals surface area contributed by atoms with Crippen molar-refractivity contribution in [3.8, 4) is 5.75 Å². The fourth-order valence-corrected chi connectivity index (χ4v) is 2.50. The van der Waals surface area contributed by atoms with Gasteiger partial charge in [0.05, 0.1) is 18.8 Å². The Morgan fingerprint density at radius 2 is 2.21 bits per heavy atom. The van der Waals surface area contributed by atoms with Crippen molar-refractivity contribution in [2.75, 3.05) is 32.0 Å². The van der Waals surface area contributed by atoms with Gasteiger partial charge in [0.15, 0.2) is 6.61 Å². The molecule has 24 heavy (non-hydrogen) atoms. The van der Waals surface area contributed by atoms with Crippen molar-refractivity contribution in [1.82, 2.24) is 9.88 Å². The van der Waals surface area contributed by atoms with E-state index in [1.807, 2.05) is 6.07 Å². The summed E-state index contributed by atoms with van der Waals surface area (Å²) in [6, 6.07) is 11.0. The third-order valence-corrected chi connectivity index (χ3v) is 3.70. The average molecular weight is 331 g/mol. The number of nitrogens with zero attached hydrogens (tertiary/aromatic N) is 2. The van der Waals surface area contributed by atoms with Gasteiger partial charge in [-0.15, -0.1) is 0 Å². The van der Waals surface area contributed by atoms with Crippen LogP contribution in [0.15, 0.2) is 42.5 Å². The molecule has 0 bridgehead atoms. The summed E-state index contributed by atoms with van der Waals surface area (Å²) in [6.07, 6.45) is -0.319. The predicted octanol–water partition coefficient (Wildman–Crippen LogP) is 1.78. The molecule has 2 N–H and O–H groups in total. The van der Waals surface area contributed by atoms with Crippen molar-refractivity contribution in [2.24, 2.45) is 0 Å². The number of nitrogen functional groups attached to an aromatic ring is 1. The number of ether oxygens (including phenoxy) is 2. The van der Waals surface area contributed by atoms with Gasteiger partial charge < -0.3 is 20.1 Å². The number of morpholine rings is 1. The molecule has 0 radical (unpaired) electrons. The van der Waals surface area contributed by atoms with Crippen LogP contribution in [0, 0.1) is 5.82 Å². The summed E-state index contributed by atoms with van der Waals surface area (Å²) in [4.78, 5) is 18.2. The topological polar surface area (TPSA) is 77.7 Å². The highest BCUT2D eigenvalue weighted by Gasteiger charge is 2.26. The Kier molecular flexibility index (Phi) is 4.90. The molecule has 0 aliphatic carbocycles. The Labute approximate surface area is 139 Å². The first-order valence-electron chi connectivity index (χ1n) is 7.62. The number of aromatic nitrogens is 1. The molecule has 0 spiro atoms. The van der Waals surface area contributed by atoms with Crippen molar-refractivity contribution in [2.45, 2.75) is 6.10 Å². The Morgan fingerprint density at radius 1 is 1.38 bits per heavy atom.